The van der Waals surface area contributed by atoms with Gasteiger partial charge >= 0.3 is 0 Å². The molecule has 0 spiro atoms. The molecule has 112 valence electrons. The minimum absolute atomic E-state index is 0.0111. The minimum Gasteiger partial charge on any atom is -0.392 e. The molecule has 0 saturated heterocycles. The highest BCUT2D eigenvalue weighted by Gasteiger charge is 2.08. The van der Waals surface area contributed by atoms with Crippen LogP contribution in [0, 0.1) is 0 Å². The van der Waals surface area contributed by atoms with Crippen LogP contribution in [0.5, 0.6) is 0 Å². The summed E-state index contributed by atoms with van der Waals surface area (Å²) >= 11 is 5.18. The van der Waals surface area contributed by atoms with Gasteiger partial charge in [-0.25, -0.2) is 4.98 Å². The molecule has 2 aromatic rings. The first-order chi connectivity index (χ1) is 9.67. The van der Waals surface area contributed by atoms with E-state index in [9.17, 15) is 5.11 Å². The van der Waals surface area contributed by atoms with Gasteiger partial charge in [0.2, 0.25) is 0 Å². The van der Waals surface area contributed by atoms with E-state index in [2.05, 4.69) is 27.8 Å². The number of aromatic nitrogens is 2. The second-order valence-corrected chi connectivity index (χ2v) is 5.98. The maximum Gasteiger partial charge on any atom is 0.124 e. The molecule has 0 bridgehead atoms. The standard InChI is InChI=1S/C12H15BrN2O2.C2H6S/c1-2-3-17-8-15-7-14-12-9(6-16)4-10(13)5-11(12)15;1-3-2/h4-5,7,16H,2-3,6,8H2,1H3;1-2H3. The number of imidazole rings is 1. The van der Waals surface area contributed by atoms with Crippen molar-refractivity contribution in [3.8, 4) is 0 Å². The first-order valence-corrected chi connectivity index (χ1v) is 8.82. The first-order valence-electron chi connectivity index (χ1n) is 6.39. The van der Waals surface area contributed by atoms with Gasteiger partial charge in [-0.05, 0) is 31.1 Å². The molecule has 1 aromatic heterocycles. The molecule has 1 N–H and O–H groups in total. The van der Waals surface area contributed by atoms with E-state index < -0.39 is 0 Å². The molecular weight excluding hydrogens is 340 g/mol. The van der Waals surface area contributed by atoms with Crippen molar-refractivity contribution in [2.24, 2.45) is 0 Å². The van der Waals surface area contributed by atoms with Crippen LogP contribution in [0.15, 0.2) is 22.9 Å². The van der Waals surface area contributed by atoms with Crippen molar-refractivity contribution >= 4 is 38.7 Å². The Bertz CT molecular complexity index is 531. The lowest BCUT2D eigenvalue weighted by molar-refractivity contribution is 0.0800. The third-order valence-corrected chi connectivity index (χ3v) is 2.98. The van der Waals surface area contributed by atoms with Gasteiger partial charge in [0.05, 0.1) is 24.0 Å². The van der Waals surface area contributed by atoms with Gasteiger partial charge in [-0.3, -0.25) is 0 Å². The first kappa shape index (κ1) is 17.5. The van der Waals surface area contributed by atoms with Crippen LogP contribution in [0.2, 0.25) is 0 Å². The Morgan fingerprint density at radius 3 is 2.70 bits per heavy atom. The number of rotatable bonds is 5. The van der Waals surface area contributed by atoms with Gasteiger partial charge in [0.1, 0.15) is 6.73 Å². The summed E-state index contributed by atoms with van der Waals surface area (Å²) in [6, 6.07) is 3.86. The smallest absolute Gasteiger partial charge is 0.124 e. The molecule has 6 heteroatoms. The molecule has 0 amide bonds. The molecule has 0 aliphatic carbocycles. The number of hydrogen-bond donors (Lipinski definition) is 1. The van der Waals surface area contributed by atoms with Crippen LogP contribution in [0.4, 0.5) is 0 Å². The van der Waals surface area contributed by atoms with Crippen molar-refractivity contribution < 1.29 is 9.84 Å². The third kappa shape index (κ3) is 4.77. The summed E-state index contributed by atoms with van der Waals surface area (Å²) in [5.74, 6) is 0. The molecule has 0 fully saturated rings. The van der Waals surface area contributed by atoms with Crippen molar-refractivity contribution in [2.75, 3.05) is 19.1 Å². The zero-order valence-electron chi connectivity index (χ0n) is 12.1. The van der Waals surface area contributed by atoms with Crippen LogP contribution < -0.4 is 0 Å². The number of aliphatic hydroxyl groups is 1. The van der Waals surface area contributed by atoms with Crippen LogP contribution in [-0.2, 0) is 18.1 Å². The average Bonchev–Trinajstić information content (AvgIpc) is 2.82. The Labute approximate surface area is 132 Å². The van der Waals surface area contributed by atoms with E-state index in [1.807, 2.05) is 29.2 Å². The quantitative estimate of drug-likeness (QED) is 0.826. The normalized spacial score (nSPS) is 10.4. The number of halogens is 1. The highest BCUT2D eigenvalue weighted by atomic mass is 79.9. The number of benzene rings is 1. The number of thioether (sulfide) groups is 1. The molecular formula is C14H21BrN2O2S. The van der Waals surface area contributed by atoms with E-state index in [0.717, 1.165) is 34.1 Å². The highest BCUT2D eigenvalue weighted by molar-refractivity contribution is 9.10. The molecule has 1 aromatic carbocycles. The summed E-state index contributed by atoms with van der Waals surface area (Å²) in [6.45, 7) is 3.29. The van der Waals surface area contributed by atoms with E-state index >= 15 is 0 Å². The summed E-state index contributed by atoms with van der Waals surface area (Å²) in [4.78, 5) is 4.31. The molecule has 4 nitrogen and oxygen atoms in total. The third-order valence-electron chi connectivity index (χ3n) is 2.52. The van der Waals surface area contributed by atoms with E-state index in [1.54, 1.807) is 18.1 Å². The summed E-state index contributed by atoms with van der Waals surface area (Å²) in [5.41, 5.74) is 2.62. The summed E-state index contributed by atoms with van der Waals surface area (Å²) in [6.07, 6.45) is 6.82. The summed E-state index contributed by atoms with van der Waals surface area (Å²) in [7, 11) is 0. The molecule has 0 unspecified atom stereocenters. The highest BCUT2D eigenvalue weighted by Crippen LogP contribution is 2.23. The molecule has 0 aliphatic rings. The van der Waals surface area contributed by atoms with Crippen molar-refractivity contribution in [3.63, 3.8) is 0 Å². The second kappa shape index (κ2) is 9.39. The van der Waals surface area contributed by atoms with Crippen LogP contribution in [0.1, 0.15) is 18.9 Å². The molecule has 0 aliphatic heterocycles. The van der Waals surface area contributed by atoms with Gasteiger partial charge in [0.15, 0.2) is 0 Å². The number of aliphatic hydroxyl groups excluding tert-OH is 1. The maximum atomic E-state index is 9.28. The molecule has 0 atom stereocenters. The van der Waals surface area contributed by atoms with E-state index in [0.29, 0.717) is 6.73 Å². The predicted molar refractivity (Wildman–Crippen MR) is 89.0 cm³/mol. The Kier molecular flexibility index (Phi) is 8.21. The fourth-order valence-electron chi connectivity index (χ4n) is 1.73. The number of ether oxygens (including phenoxy) is 1. The summed E-state index contributed by atoms with van der Waals surface area (Å²) < 4.78 is 8.37. The zero-order chi connectivity index (χ0) is 15.0. The van der Waals surface area contributed by atoms with Crippen LogP contribution in [-0.4, -0.2) is 33.8 Å². The topological polar surface area (TPSA) is 47.3 Å². The Morgan fingerprint density at radius 2 is 2.10 bits per heavy atom. The fraction of sp³-hybridized carbons (Fsp3) is 0.500. The predicted octanol–water partition coefficient (Wildman–Crippen LogP) is 3.65. The molecule has 1 heterocycles. The molecule has 20 heavy (non-hydrogen) atoms. The Morgan fingerprint density at radius 1 is 1.40 bits per heavy atom. The van der Waals surface area contributed by atoms with Crippen molar-refractivity contribution in [1.82, 2.24) is 9.55 Å². The average molecular weight is 361 g/mol. The lowest BCUT2D eigenvalue weighted by Gasteiger charge is -2.06. The van der Waals surface area contributed by atoms with E-state index in [4.69, 9.17) is 4.74 Å². The fourth-order valence-corrected chi connectivity index (χ4v) is 2.22. The van der Waals surface area contributed by atoms with E-state index in [-0.39, 0.29) is 6.61 Å². The minimum atomic E-state index is -0.0111. The van der Waals surface area contributed by atoms with Crippen molar-refractivity contribution in [3.05, 3.63) is 28.5 Å². The SMILES string of the molecule is CCCOCn1cnc2c(CO)cc(Br)cc21.CSC. The molecule has 2 rings (SSSR count). The summed E-state index contributed by atoms with van der Waals surface area (Å²) in [5, 5.41) is 9.28. The van der Waals surface area contributed by atoms with Gasteiger partial charge in [0, 0.05) is 16.6 Å². The van der Waals surface area contributed by atoms with Crippen molar-refractivity contribution in [1.29, 1.82) is 0 Å². The Balaban J connectivity index is 0.000000612. The monoisotopic (exact) mass is 360 g/mol. The molecule has 0 saturated carbocycles. The zero-order valence-corrected chi connectivity index (χ0v) is 14.5. The Hall–Kier alpha value is -0.560. The number of nitrogens with zero attached hydrogens (tertiary/aromatic N) is 2. The number of fused-ring (bicyclic) bond motifs is 1. The largest absolute Gasteiger partial charge is 0.392 e. The second-order valence-electron chi connectivity index (χ2n) is 4.25. The van der Waals surface area contributed by atoms with Crippen molar-refractivity contribution in [2.45, 2.75) is 26.7 Å². The lowest BCUT2D eigenvalue weighted by Crippen LogP contribution is -2.02. The van der Waals surface area contributed by atoms with Gasteiger partial charge in [-0.2, -0.15) is 11.8 Å². The van der Waals surface area contributed by atoms with Gasteiger partial charge in [-0.15, -0.1) is 0 Å². The maximum absolute atomic E-state index is 9.28. The van der Waals surface area contributed by atoms with Gasteiger partial charge in [-0.1, -0.05) is 22.9 Å². The van der Waals surface area contributed by atoms with Crippen LogP contribution in [0.3, 0.4) is 0 Å². The van der Waals surface area contributed by atoms with E-state index in [1.165, 1.54) is 0 Å². The number of hydrogen-bond acceptors (Lipinski definition) is 4. The van der Waals surface area contributed by atoms with Gasteiger partial charge < -0.3 is 14.4 Å². The van der Waals surface area contributed by atoms with Crippen LogP contribution in [0.25, 0.3) is 11.0 Å². The van der Waals surface area contributed by atoms with Crippen LogP contribution >= 0.6 is 27.7 Å². The lowest BCUT2D eigenvalue weighted by atomic mass is 10.2. The van der Waals surface area contributed by atoms with Gasteiger partial charge in [0.25, 0.3) is 0 Å². The molecule has 0 radical (unpaired) electrons.